The Morgan fingerprint density at radius 3 is 1.26 bits per heavy atom. The van der Waals surface area contributed by atoms with Crippen molar-refractivity contribution in [3.05, 3.63) is 92.4 Å². The molecule has 0 N–H and O–H groups in total. The predicted molar refractivity (Wildman–Crippen MR) is 187 cm³/mol. The summed E-state index contributed by atoms with van der Waals surface area (Å²) in [4.78, 5) is 9.63. The summed E-state index contributed by atoms with van der Waals surface area (Å²) < 4.78 is 0. The summed E-state index contributed by atoms with van der Waals surface area (Å²) in [6.07, 6.45) is 0. The first-order chi connectivity index (χ1) is 20.3. The Kier molecular flexibility index (Phi) is 14.3. The Hall–Kier alpha value is -1.95. The molecule has 0 heterocycles. The van der Waals surface area contributed by atoms with Gasteiger partial charge in [0.15, 0.2) is 0 Å². The third kappa shape index (κ3) is 8.36. The molecule has 0 aliphatic carbocycles. The van der Waals surface area contributed by atoms with E-state index in [1.54, 1.807) is 0 Å². The van der Waals surface area contributed by atoms with Crippen molar-refractivity contribution >= 4 is 46.2 Å². The van der Waals surface area contributed by atoms with Crippen molar-refractivity contribution in [3.63, 3.8) is 0 Å². The summed E-state index contributed by atoms with van der Waals surface area (Å²) >= 11 is 21.6. The average molecular weight is 632 g/mol. The van der Waals surface area contributed by atoms with Crippen LogP contribution < -0.4 is 9.80 Å². The van der Waals surface area contributed by atoms with Crippen LogP contribution in [-0.4, -0.2) is 75.2 Å². The normalized spacial score (nSPS) is 11.6. The molecule has 0 saturated heterocycles. The first-order valence-corrected chi connectivity index (χ1v) is 16.7. The van der Waals surface area contributed by atoms with Crippen LogP contribution in [0.15, 0.2) is 60.7 Å². The number of benzene rings is 3. The fraction of sp³-hybridized carbons (Fsp3) is 0.486. The lowest BCUT2D eigenvalue weighted by Crippen LogP contribution is -2.35. The second-order valence-electron chi connectivity index (χ2n) is 10.5. The smallest absolute Gasteiger partial charge is 0.0681 e. The summed E-state index contributed by atoms with van der Waals surface area (Å²) in [6.45, 7) is 22.9. The van der Waals surface area contributed by atoms with Crippen LogP contribution in [0.2, 0.25) is 15.1 Å². The number of rotatable bonds is 17. The first-order valence-electron chi connectivity index (χ1n) is 15.6. The maximum absolute atomic E-state index is 7.35. The van der Waals surface area contributed by atoms with Gasteiger partial charge >= 0.3 is 0 Å². The van der Waals surface area contributed by atoms with E-state index in [1.165, 1.54) is 0 Å². The van der Waals surface area contributed by atoms with E-state index in [0.29, 0.717) is 5.02 Å². The number of halogens is 3. The van der Waals surface area contributed by atoms with Crippen LogP contribution in [0.4, 0.5) is 11.4 Å². The van der Waals surface area contributed by atoms with Gasteiger partial charge in [0, 0.05) is 50.2 Å². The van der Waals surface area contributed by atoms with Gasteiger partial charge in [0.05, 0.1) is 21.4 Å². The molecular formula is C35H49Cl3N4. The minimum absolute atomic E-state index is 0.221. The molecule has 0 amide bonds. The number of anilines is 2. The summed E-state index contributed by atoms with van der Waals surface area (Å²) in [6, 6.07) is 20.8. The van der Waals surface area contributed by atoms with Gasteiger partial charge in [-0.25, -0.2) is 0 Å². The van der Waals surface area contributed by atoms with E-state index in [2.05, 4.69) is 104 Å². The second kappa shape index (κ2) is 17.4. The highest BCUT2D eigenvalue weighted by molar-refractivity contribution is 6.35. The summed E-state index contributed by atoms with van der Waals surface area (Å²) in [5.74, 6) is -0.221. The molecule has 0 bridgehead atoms. The summed E-state index contributed by atoms with van der Waals surface area (Å²) in [5.41, 5.74) is 5.10. The van der Waals surface area contributed by atoms with Crippen LogP contribution in [0.25, 0.3) is 0 Å². The Bertz CT molecular complexity index is 1170. The standard InChI is InChI=1S/C35H49Cl3N4/c1-7-39(8-2)23-25-41(11-5)31-21-15-18-28(34(31)37)33(27-17-13-14-20-30(27)36)29-19-16-22-32(35(29)38)42(12-6)26-24-40(9-3)10-4/h13-22,33H,7-12,23-26H2,1-6H3. The Labute approximate surface area is 270 Å². The fourth-order valence-electron chi connectivity index (χ4n) is 5.72. The van der Waals surface area contributed by atoms with Crippen LogP contribution in [0, 0.1) is 0 Å². The SMILES string of the molecule is CCN(CC)CCN(CC)c1cccc(C(c2ccccc2Cl)c2cccc(N(CC)CCN(CC)CC)c2Cl)c1Cl. The number of likely N-dealkylation sites (N-methyl/N-ethyl adjacent to an activating group) is 4. The van der Waals surface area contributed by atoms with E-state index in [9.17, 15) is 0 Å². The van der Waals surface area contributed by atoms with Crippen molar-refractivity contribution in [1.82, 2.24) is 9.80 Å². The van der Waals surface area contributed by atoms with E-state index >= 15 is 0 Å². The van der Waals surface area contributed by atoms with Crippen LogP contribution >= 0.6 is 34.8 Å². The van der Waals surface area contributed by atoms with E-state index < -0.39 is 0 Å². The highest BCUT2D eigenvalue weighted by Crippen LogP contribution is 2.46. The monoisotopic (exact) mass is 630 g/mol. The molecule has 0 aromatic heterocycles. The van der Waals surface area contributed by atoms with Crippen LogP contribution in [-0.2, 0) is 0 Å². The quantitative estimate of drug-likeness (QED) is 0.138. The Balaban J connectivity index is 2.12. The third-order valence-electron chi connectivity index (χ3n) is 8.46. The van der Waals surface area contributed by atoms with E-state index in [4.69, 9.17) is 34.8 Å². The number of nitrogens with zero attached hydrogens (tertiary/aromatic N) is 4. The van der Waals surface area contributed by atoms with Gasteiger partial charge in [-0.1, -0.05) is 105 Å². The maximum Gasteiger partial charge on any atom is 0.0681 e. The molecule has 3 aromatic rings. The average Bonchev–Trinajstić information content (AvgIpc) is 3.01. The highest BCUT2D eigenvalue weighted by Gasteiger charge is 2.27. The van der Waals surface area contributed by atoms with Crippen molar-refractivity contribution in [1.29, 1.82) is 0 Å². The summed E-state index contributed by atoms with van der Waals surface area (Å²) in [5, 5.41) is 2.20. The zero-order valence-electron chi connectivity index (χ0n) is 26.3. The second-order valence-corrected chi connectivity index (χ2v) is 11.7. The molecule has 0 atom stereocenters. The lowest BCUT2D eigenvalue weighted by atomic mass is 9.84. The molecule has 0 aliphatic rings. The van der Waals surface area contributed by atoms with Crippen molar-refractivity contribution in [3.8, 4) is 0 Å². The molecule has 0 spiro atoms. The molecule has 0 radical (unpaired) electrons. The maximum atomic E-state index is 7.35. The lowest BCUT2D eigenvalue weighted by Gasteiger charge is -2.31. The minimum atomic E-state index is -0.221. The van der Waals surface area contributed by atoms with Gasteiger partial charge in [0.25, 0.3) is 0 Å². The van der Waals surface area contributed by atoms with Gasteiger partial charge in [-0.05, 0) is 74.9 Å². The molecule has 3 rings (SSSR count). The molecule has 4 nitrogen and oxygen atoms in total. The first kappa shape index (κ1) is 34.5. The van der Waals surface area contributed by atoms with Gasteiger partial charge in [-0.2, -0.15) is 0 Å². The minimum Gasteiger partial charge on any atom is -0.369 e. The highest BCUT2D eigenvalue weighted by atomic mass is 35.5. The molecule has 0 unspecified atom stereocenters. The molecule has 0 aliphatic heterocycles. The predicted octanol–water partition coefficient (Wildman–Crippen LogP) is 9.16. The van der Waals surface area contributed by atoms with Crippen LogP contribution in [0.5, 0.6) is 0 Å². The lowest BCUT2D eigenvalue weighted by molar-refractivity contribution is 0.310. The zero-order chi connectivity index (χ0) is 30.6. The fourth-order valence-corrected chi connectivity index (χ4v) is 6.68. The Morgan fingerprint density at radius 1 is 0.476 bits per heavy atom. The summed E-state index contributed by atoms with van der Waals surface area (Å²) in [7, 11) is 0. The van der Waals surface area contributed by atoms with Crippen molar-refractivity contribution in [2.75, 3.05) is 75.2 Å². The van der Waals surface area contributed by atoms with Gasteiger partial charge in [-0.3, -0.25) is 0 Å². The number of hydrogen-bond acceptors (Lipinski definition) is 4. The molecule has 42 heavy (non-hydrogen) atoms. The van der Waals surface area contributed by atoms with E-state index in [0.717, 1.165) is 104 Å². The topological polar surface area (TPSA) is 13.0 Å². The molecule has 0 fully saturated rings. The van der Waals surface area contributed by atoms with Crippen LogP contribution in [0.1, 0.15) is 64.2 Å². The molecule has 7 heteroatoms. The van der Waals surface area contributed by atoms with Crippen molar-refractivity contribution < 1.29 is 0 Å². The van der Waals surface area contributed by atoms with E-state index in [1.807, 2.05) is 18.2 Å². The Morgan fingerprint density at radius 2 is 0.881 bits per heavy atom. The van der Waals surface area contributed by atoms with Gasteiger partial charge in [0.2, 0.25) is 0 Å². The molecule has 230 valence electrons. The number of hydrogen-bond donors (Lipinski definition) is 0. The molecule has 0 saturated carbocycles. The molecular weight excluding hydrogens is 583 g/mol. The van der Waals surface area contributed by atoms with Crippen LogP contribution in [0.3, 0.4) is 0 Å². The van der Waals surface area contributed by atoms with Gasteiger partial charge in [0.1, 0.15) is 0 Å². The zero-order valence-corrected chi connectivity index (χ0v) is 28.6. The van der Waals surface area contributed by atoms with Gasteiger partial charge < -0.3 is 19.6 Å². The van der Waals surface area contributed by atoms with Crippen molar-refractivity contribution in [2.45, 2.75) is 47.5 Å². The van der Waals surface area contributed by atoms with E-state index in [-0.39, 0.29) is 5.92 Å². The third-order valence-corrected chi connectivity index (χ3v) is 9.63. The largest absolute Gasteiger partial charge is 0.369 e. The van der Waals surface area contributed by atoms with Crippen molar-refractivity contribution in [2.24, 2.45) is 0 Å². The van der Waals surface area contributed by atoms with Gasteiger partial charge in [-0.15, -0.1) is 0 Å². The molecule has 3 aromatic carbocycles.